The molecule has 2 aromatic rings. The van der Waals surface area contributed by atoms with Crippen LogP contribution in [0, 0.1) is 5.92 Å². The first-order valence-corrected chi connectivity index (χ1v) is 6.16. The van der Waals surface area contributed by atoms with Crippen molar-refractivity contribution >= 4 is 5.82 Å². The number of aromatic nitrogens is 4. The second kappa shape index (κ2) is 4.40. The van der Waals surface area contributed by atoms with Crippen LogP contribution < -0.4 is 5.73 Å². The molecule has 2 heterocycles. The van der Waals surface area contributed by atoms with Gasteiger partial charge in [-0.15, -0.1) is 0 Å². The molecule has 7 heteroatoms. The lowest BCUT2D eigenvalue weighted by molar-refractivity contribution is 0.307. The van der Waals surface area contributed by atoms with Crippen LogP contribution in [0.25, 0.3) is 11.6 Å². The lowest BCUT2D eigenvalue weighted by Crippen LogP contribution is -2.12. The highest BCUT2D eigenvalue weighted by atomic mass is 16.6. The van der Waals surface area contributed by atoms with Gasteiger partial charge in [-0.25, -0.2) is 4.63 Å². The van der Waals surface area contributed by atoms with Gasteiger partial charge in [-0.2, -0.15) is 4.98 Å². The predicted octanol–water partition coefficient (Wildman–Crippen LogP) is 2.00. The van der Waals surface area contributed by atoms with Crippen molar-refractivity contribution in [3.8, 4) is 11.6 Å². The van der Waals surface area contributed by atoms with Gasteiger partial charge < -0.3 is 10.3 Å². The molecule has 0 aromatic carbocycles. The Morgan fingerprint density at radius 2 is 2.11 bits per heavy atom. The fourth-order valence-corrected chi connectivity index (χ4v) is 2.51. The van der Waals surface area contributed by atoms with Crippen molar-refractivity contribution in [1.29, 1.82) is 0 Å². The van der Waals surface area contributed by atoms with E-state index in [1.165, 1.54) is 12.8 Å². The highest BCUT2D eigenvalue weighted by molar-refractivity contribution is 5.60. The Hall–Kier alpha value is -1.92. The van der Waals surface area contributed by atoms with Gasteiger partial charge in [-0.05, 0) is 29.1 Å². The molecule has 7 nitrogen and oxygen atoms in total. The molecule has 0 radical (unpaired) electrons. The highest BCUT2D eigenvalue weighted by Crippen LogP contribution is 2.35. The van der Waals surface area contributed by atoms with E-state index < -0.39 is 0 Å². The van der Waals surface area contributed by atoms with Crippen LogP contribution >= 0.6 is 0 Å². The van der Waals surface area contributed by atoms with Gasteiger partial charge in [0, 0.05) is 5.92 Å². The van der Waals surface area contributed by atoms with Gasteiger partial charge in [-0.1, -0.05) is 24.9 Å². The molecule has 2 aromatic heterocycles. The lowest BCUT2D eigenvalue weighted by Gasteiger charge is -2.23. The average molecular weight is 249 g/mol. The zero-order chi connectivity index (χ0) is 12.5. The summed E-state index contributed by atoms with van der Waals surface area (Å²) < 4.78 is 9.69. The molecule has 96 valence electrons. The van der Waals surface area contributed by atoms with Crippen LogP contribution in [-0.4, -0.2) is 20.5 Å². The number of hydrogen-bond acceptors (Lipinski definition) is 7. The topological polar surface area (TPSA) is 104 Å². The quantitative estimate of drug-likeness (QED) is 0.867. The molecule has 3 rings (SSSR count). The SMILES string of the molecule is CC1CCCC(c2noc(-c3nonc3N)n2)C1. The van der Waals surface area contributed by atoms with E-state index in [1.807, 2.05) is 0 Å². The van der Waals surface area contributed by atoms with Crippen molar-refractivity contribution < 1.29 is 9.15 Å². The Bertz CT molecular complexity index is 535. The first kappa shape index (κ1) is 11.2. The van der Waals surface area contributed by atoms with E-state index in [4.69, 9.17) is 10.3 Å². The van der Waals surface area contributed by atoms with Crippen LogP contribution in [0.1, 0.15) is 44.3 Å². The van der Waals surface area contributed by atoms with E-state index in [1.54, 1.807) is 0 Å². The fraction of sp³-hybridized carbons (Fsp3) is 0.636. The van der Waals surface area contributed by atoms with Crippen LogP contribution in [0.5, 0.6) is 0 Å². The molecule has 18 heavy (non-hydrogen) atoms. The predicted molar refractivity (Wildman–Crippen MR) is 62.4 cm³/mol. The second-order valence-corrected chi connectivity index (χ2v) is 4.92. The molecule has 0 amide bonds. The van der Waals surface area contributed by atoms with Crippen molar-refractivity contribution in [2.45, 2.75) is 38.5 Å². The second-order valence-electron chi connectivity index (χ2n) is 4.92. The third-order valence-corrected chi connectivity index (χ3v) is 3.46. The Morgan fingerprint density at radius 1 is 1.22 bits per heavy atom. The Morgan fingerprint density at radius 3 is 2.83 bits per heavy atom. The molecule has 0 saturated heterocycles. The molecular formula is C11H15N5O2. The summed E-state index contributed by atoms with van der Waals surface area (Å²) in [6.07, 6.45) is 4.70. The van der Waals surface area contributed by atoms with E-state index in [2.05, 4.69) is 32.0 Å². The largest absolute Gasteiger partial charge is 0.379 e. The fourth-order valence-electron chi connectivity index (χ4n) is 2.51. The first-order chi connectivity index (χ1) is 8.74. The molecule has 1 fully saturated rings. The standard InChI is InChI=1S/C11H15N5O2/c1-6-3-2-4-7(5-6)10-13-11(17-16-10)8-9(12)15-18-14-8/h6-7H,2-5H2,1H3,(H2,12,15). The Labute approximate surface area is 104 Å². The number of rotatable bonds is 2. The Kier molecular flexibility index (Phi) is 2.73. The van der Waals surface area contributed by atoms with E-state index in [-0.39, 0.29) is 11.7 Å². The maximum atomic E-state index is 5.59. The van der Waals surface area contributed by atoms with Gasteiger partial charge in [0.15, 0.2) is 5.82 Å². The molecule has 0 spiro atoms. The van der Waals surface area contributed by atoms with Gasteiger partial charge in [0.1, 0.15) is 0 Å². The minimum Gasteiger partial charge on any atom is -0.379 e. The van der Waals surface area contributed by atoms with E-state index in [0.29, 0.717) is 17.5 Å². The summed E-state index contributed by atoms with van der Waals surface area (Å²) in [6.45, 7) is 2.26. The minimum atomic E-state index is 0.169. The number of nitrogen functional groups attached to an aromatic ring is 1. The summed E-state index contributed by atoms with van der Waals surface area (Å²) >= 11 is 0. The van der Waals surface area contributed by atoms with Crippen LogP contribution in [0.4, 0.5) is 5.82 Å². The smallest absolute Gasteiger partial charge is 0.284 e. The van der Waals surface area contributed by atoms with E-state index >= 15 is 0 Å². The summed E-state index contributed by atoms with van der Waals surface area (Å²) in [4.78, 5) is 4.35. The van der Waals surface area contributed by atoms with Crippen LogP contribution in [0.15, 0.2) is 9.15 Å². The summed E-state index contributed by atoms with van der Waals surface area (Å²) in [5.41, 5.74) is 5.90. The number of nitrogens with two attached hydrogens (primary N) is 1. The van der Waals surface area contributed by atoms with Gasteiger partial charge in [-0.3, -0.25) is 0 Å². The van der Waals surface area contributed by atoms with Crippen LogP contribution in [0.2, 0.25) is 0 Å². The normalized spacial score (nSPS) is 24.3. The molecule has 2 N–H and O–H groups in total. The van der Waals surface area contributed by atoms with Crippen LogP contribution in [0.3, 0.4) is 0 Å². The molecule has 2 unspecified atom stereocenters. The summed E-state index contributed by atoms with van der Waals surface area (Å²) in [6, 6.07) is 0. The third-order valence-electron chi connectivity index (χ3n) is 3.46. The molecular weight excluding hydrogens is 234 g/mol. The average Bonchev–Trinajstić information content (AvgIpc) is 2.97. The monoisotopic (exact) mass is 249 g/mol. The highest BCUT2D eigenvalue weighted by Gasteiger charge is 2.26. The van der Waals surface area contributed by atoms with Gasteiger partial charge in [0.05, 0.1) is 0 Å². The zero-order valence-corrected chi connectivity index (χ0v) is 10.2. The van der Waals surface area contributed by atoms with Gasteiger partial charge in [0.25, 0.3) is 5.89 Å². The third kappa shape index (κ3) is 1.96. The van der Waals surface area contributed by atoms with Crippen molar-refractivity contribution in [3.05, 3.63) is 5.82 Å². The zero-order valence-electron chi connectivity index (χ0n) is 10.2. The molecule has 0 aliphatic heterocycles. The summed E-state index contributed by atoms with van der Waals surface area (Å²) in [5, 5.41) is 11.2. The molecule has 0 bridgehead atoms. The van der Waals surface area contributed by atoms with Crippen molar-refractivity contribution in [2.75, 3.05) is 5.73 Å². The van der Waals surface area contributed by atoms with Crippen molar-refractivity contribution in [1.82, 2.24) is 20.5 Å². The molecule has 2 atom stereocenters. The number of anilines is 1. The van der Waals surface area contributed by atoms with Gasteiger partial charge >= 0.3 is 0 Å². The van der Waals surface area contributed by atoms with Crippen molar-refractivity contribution in [2.24, 2.45) is 5.92 Å². The van der Waals surface area contributed by atoms with Crippen molar-refractivity contribution in [3.63, 3.8) is 0 Å². The maximum Gasteiger partial charge on any atom is 0.284 e. The van der Waals surface area contributed by atoms with E-state index in [0.717, 1.165) is 18.7 Å². The maximum absolute atomic E-state index is 5.59. The van der Waals surface area contributed by atoms with Gasteiger partial charge in [0.2, 0.25) is 11.5 Å². The Balaban J connectivity index is 1.83. The number of nitrogens with zero attached hydrogens (tertiary/aromatic N) is 4. The minimum absolute atomic E-state index is 0.169. The van der Waals surface area contributed by atoms with Crippen LogP contribution in [-0.2, 0) is 0 Å². The molecule has 1 saturated carbocycles. The summed E-state index contributed by atoms with van der Waals surface area (Å²) in [7, 11) is 0. The summed E-state index contributed by atoms with van der Waals surface area (Å²) in [5.74, 6) is 2.26. The van der Waals surface area contributed by atoms with E-state index in [9.17, 15) is 0 Å². The molecule has 1 aliphatic rings. The first-order valence-electron chi connectivity index (χ1n) is 6.16. The number of hydrogen-bond donors (Lipinski definition) is 1. The lowest BCUT2D eigenvalue weighted by atomic mass is 9.82. The molecule has 1 aliphatic carbocycles.